The molecule has 0 saturated carbocycles. The lowest BCUT2D eigenvalue weighted by Gasteiger charge is -2.23. The van der Waals surface area contributed by atoms with Crippen molar-refractivity contribution in [3.8, 4) is 0 Å². The van der Waals surface area contributed by atoms with E-state index in [1.165, 1.54) is 0 Å². The predicted molar refractivity (Wildman–Crippen MR) is 79.3 cm³/mol. The van der Waals surface area contributed by atoms with E-state index in [4.69, 9.17) is 0 Å². The number of anilines is 1. The monoisotopic (exact) mass is 274 g/mol. The molecule has 1 aliphatic rings. The number of aliphatic hydroxyl groups excluding tert-OH is 1. The highest BCUT2D eigenvalue weighted by molar-refractivity contribution is 5.56. The molecule has 0 aliphatic carbocycles. The Labute approximate surface area is 119 Å². The minimum Gasteiger partial charge on any atom is -0.393 e. The van der Waals surface area contributed by atoms with E-state index in [1.54, 1.807) is 0 Å². The van der Waals surface area contributed by atoms with Gasteiger partial charge in [0.1, 0.15) is 5.82 Å². The first-order valence-electron chi connectivity index (χ1n) is 7.33. The number of fused-ring (bicyclic) bond motifs is 1. The SMILES string of the molecule is Cc1cc(N2CCC[C@@H](O)CC2)n2nc(C)c(C)c2n1. The molecule has 0 radical (unpaired) electrons. The van der Waals surface area contributed by atoms with Crippen molar-refractivity contribution < 1.29 is 5.11 Å². The minimum absolute atomic E-state index is 0.167. The van der Waals surface area contributed by atoms with Gasteiger partial charge in [0.2, 0.25) is 0 Å². The van der Waals surface area contributed by atoms with Crippen LogP contribution < -0.4 is 4.90 Å². The summed E-state index contributed by atoms with van der Waals surface area (Å²) in [6, 6.07) is 2.09. The van der Waals surface area contributed by atoms with Crippen LogP contribution in [-0.4, -0.2) is 38.9 Å². The van der Waals surface area contributed by atoms with Crippen LogP contribution >= 0.6 is 0 Å². The Morgan fingerprint density at radius 3 is 2.80 bits per heavy atom. The first-order chi connectivity index (χ1) is 9.56. The molecule has 0 bridgehead atoms. The normalized spacial score (nSPS) is 20.4. The lowest BCUT2D eigenvalue weighted by atomic mass is 10.2. The van der Waals surface area contributed by atoms with Crippen LogP contribution in [0.15, 0.2) is 6.07 Å². The van der Waals surface area contributed by atoms with Crippen LogP contribution in [0, 0.1) is 20.8 Å². The number of hydrogen-bond acceptors (Lipinski definition) is 4. The van der Waals surface area contributed by atoms with Gasteiger partial charge in [-0.1, -0.05) is 0 Å². The number of aromatic nitrogens is 3. The first kappa shape index (κ1) is 13.4. The number of aryl methyl sites for hydroxylation is 3. The molecule has 3 rings (SSSR count). The summed E-state index contributed by atoms with van der Waals surface area (Å²) in [5.74, 6) is 1.10. The quantitative estimate of drug-likeness (QED) is 0.864. The molecular formula is C15H22N4O. The standard InChI is InChI=1S/C15H22N4O/c1-10-9-14(18-7-4-5-13(20)6-8-18)19-15(16-10)11(2)12(3)17-19/h9,13,20H,4-8H2,1-3H3/t13-/m1/s1. The summed E-state index contributed by atoms with van der Waals surface area (Å²) in [4.78, 5) is 6.94. The van der Waals surface area contributed by atoms with E-state index < -0.39 is 0 Å². The fourth-order valence-electron chi connectivity index (χ4n) is 2.86. The van der Waals surface area contributed by atoms with Gasteiger partial charge >= 0.3 is 0 Å². The average Bonchev–Trinajstić information content (AvgIpc) is 2.60. The van der Waals surface area contributed by atoms with E-state index in [-0.39, 0.29) is 6.10 Å². The van der Waals surface area contributed by atoms with Crippen molar-refractivity contribution in [1.82, 2.24) is 14.6 Å². The molecule has 5 nitrogen and oxygen atoms in total. The van der Waals surface area contributed by atoms with Crippen LogP contribution in [0.5, 0.6) is 0 Å². The zero-order valence-corrected chi connectivity index (χ0v) is 12.4. The summed E-state index contributed by atoms with van der Waals surface area (Å²) in [6.45, 7) is 7.96. The molecule has 20 heavy (non-hydrogen) atoms. The number of rotatable bonds is 1. The van der Waals surface area contributed by atoms with Crippen molar-refractivity contribution in [2.24, 2.45) is 0 Å². The third-order valence-corrected chi connectivity index (χ3v) is 4.19. The molecule has 1 aliphatic heterocycles. The summed E-state index contributed by atoms with van der Waals surface area (Å²) in [5, 5.41) is 14.4. The van der Waals surface area contributed by atoms with Crippen LogP contribution in [0.25, 0.3) is 5.65 Å². The smallest absolute Gasteiger partial charge is 0.160 e. The second-order valence-corrected chi connectivity index (χ2v) is 5.77. The molecule has 0 unspecified atom stereocenters. The van der Waals surface area contributed by atoms with Gasteiger partial charge < -0.3 is 10.0 Å². The fourth-order valence-corrected chi connectivity index (χ4v) is 2.86. The third kappa shape index (κ3) is 2.26. The summed E-state index contributed by atoms with van der Waals surface area (Å²) in [6.07, 6.45) is 2.56. The second-order valence-electron chi connectivity index (χ2n) is 5.77. The van der Waals surface area contributed by atoms with E-state index in [0.29, 0.717) is 0 Å². The molecule has 2 aromatic rings. The number of hydrogen-bond donors (Lipinski definition) is 1. The van der Waals surface area contributed by atoms with Crippen LogP contribution in [0.4, 0.5) is 5.82 Å². The summed E-state index contributed by atoms with van der Waals surface area (Å²) in [5.41, 5.74) is 4.13. The Morgan fingerprint density at radius 2 is 2.00 bits per heavy atom. The Balaban J connectivity index is 2.08. The van der Waals surface area contributed by atoms with E-state index in [9.17, 15) is 5.11 Å². The highest BCUT2D eigenvalue weighted by Gasteiger charge is 2.19. The zero-order valence-electron chi connectivity index (χ0n) is 12.4. The van der Waals surface area contributed by atoms with Gasteiger partial charge in [-0.3, -0.25) is 0 Å². The van der Waals surface area contributed by atoms with Crippen LogP contribution in [0.1, 0.15) is 36.2 Å². The lowest BCUT2D eigenvalue weighted by molar-refractivity contribution is 0.161. The minimum atomic E-state index is -0.167. The van der Waals surface area contributed by atoms with Crippen LogP contribution in [0.2, 0.25) is 0 Å². The number of aliphatic hydroxyl groups is 1. The fraction of sp³-hybridized carbons (Fsp3) is 0.600. The van der Waals surface area contributed by atoms with Gasteiger partial charge in [0.15, 0.2) is 5.65 Å². The molecule has 0 spiro atoms. The molecule has 2 aromatic heterocycles. The van der Waals surface area contributed by atoms with Gasteiger partial charge in [-0.2, -0.15) is 9.61 Å². The Bertz CT molecular complexity index is 634. The maximum absolute atomic E-state index is 9.81. The molecule has 1 N–H and O–H groups in total. The molecule has 0 aromatic carbocycles. The maximum atomic E-state index is 9.81. The highest BCUT2D eigenvalue weighted by Crippen LogP contribution is 2.23. The number of nitrogens with zero attached hydrogens (tertiary/aromatic N) is 4. The van der Waals surface area contributed by atoms with E-state index in [1.807, 2.05) is 18.4 Å². The molecule has 1 atom stereocenters. The lowest BCUT2D eigenvalue weighted by Crippen LogP contribution is -2.27. The molecule has 1 fully saturated rings. The Morgan fingerprint density at radius 1 is 1.20 bits per heavy atom. The Hall–Kier alpha value is -1.62. The predicted octanol–water partition coefficient (Wildman–Crippen LogP) is 2.01. The van der Waals surface area contributed by atoms with Gasteiger partial charge in [-0.25, -0.2) is 4.98 Å². The van der Waals surface area contributed by atoms with Gasteiger partial charge in [0.05, 0.1) is 11.8 Å². The molecule has 0 amide bonds. The third-order valence-electron chi connectivity index (χ3n) is 4.19. The first-order valence-corrected chi connectivity index (χ1v) is 7.33. The molecule has 108 valence electrons. The summed E-state index contributed by atoms with van der Waals surface area (Å²) < 4.78 is 1.95. The second kappa shape index (κ2) is 5.05. The molecule has 5 heteroatoms. The summed E-state index contributed by atoms with van der Waals surface area (Å²) in [7, 11) is 0. The summed E-state index contributed by atoms with van der Waals surface area (Å²) >= 11 is 0. The van der Waals surface area contributed by atoms with Crippen LogP contribution in [-0.2, 0) is 0 Å². The van der Waals surface area contributed by atoms with E-state index >= 15 is 0 Å². The van der Waals surface area contributed by atoms with Crippen molar-refractivity contribution in [1.29, 1.82) is 0 Å². The zero-order chi connectivity index (χ0) is 14.3. The Kier molecular flexibility index (Phi) is 3.38. The highest BCUT2D eigenvalue weighted by atomic mass is 16.3. The van der Waals surface area contributed by atoms with Gasteiger partial charge in [-0.15, -0.1) is 0 Å². The van der Waals surface area contributed by atoms with E-state index in [0.717, 1.165) is 60.8 Å². The van der Waals surface area contributed by atoms with Crippen molar-refractivity contribution >= 4 is 11.5 Å². The van der Waals surface area contributed by atoms with Crippen molar-refractivity contribution in [3.63, 3.8) is 0 Å². The largest absolute Gasteiger partial charge is 0.393 e. The molecule has 3 heterocycles. The van der Waals surface area contributed by atoms with Gasteiger partial charge in [-0.05, 0) is 40.0 Å². The molecular weight excluding hydrogens is 252 g/mol. The van der Waals surface area contributed by atoms with Crippen molar-refractivity contribution in [2.75, 3.05) is 18.0 Å². The average molecular weight is 274 g/mol. The van der Waals surface area contributed by atoms with Crippen molar-refractivity contribution in [3.05, 3.63) is 23.0 Å². The molecule has 1 saturated heterocycles. The van der Waals surface area contributed by atoms with E-state index in [2.05, 4.69) is 28.0 Å². The van der Waals surface area contributed by atoms with Gasteiger partial charge in [0, 0.05) is 30.4 Å². The van der Waals surface area contributed by atoms with Crippen LogP contribution in [0.3, 0.4) is 0 Å². The van der Waals surface area contributed by atoms with Gasteiger partial charge in [0.25, 0.3) is 0 Å². The van der Waals surface area contributed by atoms with Crippen molar-refractivity contribution in [2.45, 2.75) is 46.1 Å². The maximum Gasteiger partial charge on any atom is 0.160 e. The topological polar surface area (TPSA) is 53.7 Å².